The Labute approximate surface area is 157 Å². The normalized spacial score (nSPS) is 13.2. The maximum atomic E-state index is 14.1. The third kappa shape index (κ3) is 6.51. The molecule has 0 heterocycles. The summed E-state index contributed by atoms with van der Waals surface area (Å²) in [7, 11) is 0. The molecule has 0 bridgehead atoms. The Morgan fingerprint density at radius 1 is 1.28 bits per heavy atom. The van der Waals surface area contributed by atoms with Crippen molar-refractivity contribution in [1.82, 2.24) is 0 Å². The van der Waals surface area contributed by atoms with E-state index in [1.54, 1.807) is 6.92 Å². The fraction of sp³-hybridized carbons (Fsp3) is 0.556. The van der Waals surface area contributed by atoms with Gasteiger partial charge in [-0.25, -0.2) is 4.39 Å². The van der Waals surface area contributed by atoms with Gasteiger partial charge in [-0.1, -0.05) is 39.3 Å². The highest BCUT2D eigenvalue weighted by molar-refractivity contribution is 8.00. The molecule has 0 saturated carbocycles. The Bertz CT molecular complexity index is 612. The SMILES string of the molecule is CCCOC(=O)C(CC)Sc1cc(NC(=O)C(C)CC)c(F)cc1Cl. The first-order valence-electron chi connectivity index (χ1n) is 8.47. The molecule has 25 heavy (non-hydrogen) atoms. The van der Waals surface area contributed by atoms with Crippen LogP contribution in [0.15, 0.2) is 17.0 Å². The smallest absolute Gasteiger partial charge is 0.319 e. The zero-order valence-electron chi connectivity index (χ0n) is 15.0. The van der Waals surface area contributed by atoms with E-state index in [1.807, 2.05) is 20.8 Å². The number of thioether (sulfide) groups is 1. The molecule has 7 heteroatoms. The van der Waals surface area contributed by atoms with Crippen molar-refractivity contribution < 1.29 is 18.7 Å². The molecule has 0 aromatic heterocycles. The minimum absolute atomic E-state index is 0.0639. The molecule has 0 radical (unpaired) electrons. The number of anilines is 1. The van der Waals surface area contributed by atoms with Gasteiger partial charge in [0.25, 0.3) is 0 Å². The summed E-state index contributed by atoms with van der Waals surface area (Å²) >= 11 is 7.33. The van der Waals surface area contributed by atoms with Gasteiger partial charge in [0.2, 0.25) is 5.91 Å². The number of hydrogen-bond acceptors (Lipinski definition) is 4. The van der Waals surface area contributed by atoms with Gasteiger partial charge in [0.15, 0.2) is 0 Å². The second kappa shape index (κ2) is 10.7. The van der Waals surface area contributed by atoms with Crippen LogP contribution in [0.2, 0.25) is 5.02 Å². The highest BCUT2D eigenvalue weighted by atomic mass is 35.5. The molecular weight excluding hydrogens is 365 g/mol. The number of rotatable bonds is 9. The summed E-state index contributed by atoms with van der Waals surface area (Å²) in [6.07, 6.45) is 1.95. The van der Waals surface area contributed by atoms with Crippen LogP contribution < -0.4 is 5.32 Å². The van der Waals surface area contributed by atoms with E-state index in [4.69, 9.17) is 16.3 Å². The molecule has 0 fully saturated rings. The lowest BCUT2D eigenvalue weighted by Gasteiger charge is -2.16. The summed E-state index contributed by atoms with van der Waals surface area (Å²) in [6.45, 7) is 7.81. The van der Waals surface area contributed by atoms with Crippen molar-refractivity contribution in [3.05, 3.63) is 23.0 Å². The minimum atomic E-state index is -0.604. The van der Waals surface area contributed by atoms with Crippen LogP contribution in [0, 0.1) is 11.7 Å². The summed E-state index contributed by atoms with van der Waals surface area (Å²) in [5.41, 5.74) is 0.0639. The number of amides is 1. The van der Waals surface area contributed by atoms with Gasteiger partial charge in [-0.05, 0) is 31.4 Å². The fourth-order valence-electron chi connectivity index (χ4n) is 1.90. The zero-order chi connectivity index (χ0) is 19.0. The second-order valence-electron chi connectivity index (χ2n) is 5.74. The van der Waals surface area contributed by atoms with Gasteiger partial charge in [0, 0.05) is 10.8 Å². The number of hydrogen-bond donors (Lipinski definition) is 1. The Morgan fingerprint density at radius 2 is 1.96 bits per heavy atom. The largest absolute Gasteiger partial charge is 0.465 e. The molecule has 1 amide bonds. The third-order valence-corrected chi connectivity index (χ3v) is 5.52. The number of nitrogens with one attached hydrogen (secondary N) is 1. The predicted molar refractivity (Wildman–Crippen MR) is 101 cm³/mol. The monoisotopic (exact) mass is 389 g/mol. The van der Waals surface area contributed by atoms with Gasteiger partial charge in [-0.3, -0.25) is 9.59 Å². The van der Waals surface area contributed by atoms with Crippen LogP contribution in [0.1, 0.15) is 47.0 Å². The van der Waals surface area contributed by atoms with Crippen LogP contribution in [-0.2, 0) is 14.3 Å². The number of carbonyl (C=O) groups is 2. The van der Waals surface area contributed by atoms with E-state index in [0.29, 0.717) is 24.3 Å². The lowest BCUT2D eigenvalue weighted by Crippen LogP contribution is -2.21. The second-order valence-corrected chi connectivity index (χ2v) is 7.40. The summed E-state index contributed by atoms with van der Waals surface area (Å²) < 4.78 is 19.3. The van der Waals surface area contributed by atoms with Crippen LogP contribution in [0.4, 0.5) is 10.1 Å². The Morgan fingerprint density at radius 3 is 2.52 bits per heavy atom. The van der Waals surface area contributed by atoms with Crippen LogP contribution >= 0.6 is 23.4 Å². The average Bonchev–Trinajstić information content (AvgIpc) is 2.59. The van der Waals surface area contributed by atoms with Crippen molar-refractivity contribution >= 4 is 40.9 Å². The van der Waals surface area contributed by atoms with E-state index >= 15 is 0 Å². The fourth-order valence-corrected chi connectivity index (χ4v) is 3.18. The lowest BCUT2D eigenvalue weighted by atomic mass is 10.1. The molecule has 2 unspecified atom stereocenters. The highest BCUT2D eigenvalue weighted by Gasteiger charge is 2.22. The van der Waals surface area contributed by atoms with Crippen LogP contribution in [-0.4, -0.2) is 23.7 Å². The van der Waals surface area contributed by atoms with Gasteiger partial charge < -0.3 is 10.1 Å². The van der Waals surface area contributed by atoms with Gasteiger partial charge in [0.05, 0.1) is 17.3 Å². The van der Waals surface area contributed by atoms with Crippen LogP contribution in [0.25, 0.3) is 0 Å². The van der Waals surface area contributed by atoms with Crippen LogP contribution in [0.5, 0.6) is 0 Å². The van der Waals surface area contributed by atoms with E-state index < -0.39 is 11.1 Å². The Balaban J connectivity index is 2.97. The average molecular weight is 390 g/mol. The summed E-state index contributed by atoms with van der Waals surface area (Å²) in [5.74, 6) is -1.40. The topological polar surface area (TPSA) is 55.4 Å². The molecule has 1 aromatic carbocycles. The summed E-state index contributed by atoms with van der Waals surface area (Å²) in [6, 6.07) is 2.62. The van der Waals surface area contributed by atoms with E-state index in [-0.39, 0.29) is 28.5 Å². The van der Waals surface area contributed by atoms with E-state index in [1.165, 1.54) is 17.8 Å². The number of esters is 1. The minimum Gasteiger partial charge on any atom is -0.465 e. The van der Waals surface area contributed by atoms with Crippen molar-refractivity contribution in [2.45, 2.75) is 57.1 Å². The molecular formula is C18H25ClFNO3S. The Kier molecular flexibility index (Phi) is 9.28. The molecule has 1 N–H and O–H groups in total. The van der Waals surface area contributed by atoms with Crippen molar-refractivity contribution in [1.29, 1.82) is 0 Å². The molecule has 4 nitrogen and oxygen atoms in total. The van der Waals surface area contributed by atoms with E-state index in [2.05, 4.69) is 5.32 Å². The van der Waals surface area contributed by atoms with Gasteiger partial charge in [-0.2, -0.15) is 0 Å². The zero-order valence-corrected chi connectivity index (χ0v) is 16.6. The van der Waals surface area contributed by atoms with E-state index in [0.717, 1.165) is 12.5 Å². The standard InChI is InChI=1S/C18H25ClFNO3S/c1-5-8-24-18(23)15(7-3)25-16-10-14(13(20)9-12(16)19)21-17(22)11(4)6-2/h9-11,15H,5-8H2,1-4H3,(H,21,22). The van der Waals surface area contributed by atoms with Gasteiger partial charge in [-0.15, -0.1) is 11.8 Å². The number of carbonyl (C=O) groups excluding carboxylic acids is 2. The van der Waals surface area contributed by atoms with Gasteiger partial charge >= 0.3 is 5.97 Å². The quantitative estimate of drug-likeness (QED) is 0.460. The van der Waals surface area contributed by atoms with Gasteiger partial charge in [0.1, 0.15) is 11.1 Å². The third-order valence-electron chi connectivity index (χ3n) is 3.69. The molecule has 0 aliphatic heterocycles. The summed E-state index contributed by atoms with van der Waals surface area (Å²) in [5, 5.41) is 2.34. The first-order chi connectivity index (χ1) is 11.8. The maximum Gasteiger partial charge on any atom is 0.319 e. The number of halogens is 2. The first kappa shape index (κ1) is 21.8. The van der Waals surface area contributed by atoms with Crippen LogP contribution in [0.3, 0.4) is 0 Å². The van der Waals surface area contributed by atoms with E-state index in [9.17, 15) is 14.0 Å². The van der Waals surface area contributed by atoms with Crippen molar-refractivity contribution in [3.8, 4) is 0 Å². The molecule has 0 aliphatic carbocycles. The summed E-state index contributed by atoms with van der Waals surface area (Å²) in [4.78, 5) is 24.6. The molecule has 2 atom stereocenters. The number of ether oxygens (including phenoxy) is 1. The van der Waals surface area contributed by atoms with Crippen molar-refractivity contribution in [3.63, 3.8) is 0 Å². The van der Waals surface area contributed by atoms with Crippen molar-refractivity contribution in [2.75, 3.05) is 11.9 Å². The van der Waals surface area contributed by atoms with Crippen molar-refractivity contribution in [2.24, 2.45) is 5.92 Å². The molecule has 0 spiro atoms. The molecule has 140 valence electrons. The molecule has 1 rings (SSSR count). The predicted octanol–water partition coefficient (Wildman–Crippen LogP) is 5.29. The highest BCUT2D eigenvalue weighted by Crippen LogP contribution is 2.36. The number of benzene rings is 1. The first-order valence-corrected chi connectivity index (χ1v) is 9.72. The maximum absolute atomic E-state index is 14.1. The molecule has 1 aromatic rings. The Hall–Kier alpha value is -1.27. The molecule has 0 saturated heterocycles. The molecule has 0 aliphatic rings. The lowest BCUT2D eigenvalue weighted by molar-refractivity contribution is -0.143.